The van der Waals surface area contributed by atoms with Crippen molar-refractivity contribution >= 4 is 17.2 Å². The molecule has 0 saturated heterocycles. The number of aliphatic hydroxyl groups is 1. The molecule has 0 aliphatic rings. The second kappa shape index (κ2) is 6.64. The molecule has 96 valence electrons. The van der Waals surface area contributed by atoms with Gasteiger partial charge in [-0.15, -0.1) is 11.3 Å². The number of hydrogen-bond acceptors (Lipinski definition) is 5. The number of rotatable bonds is 3. The van der Waals surface area contributed by atoms with Gasteiger partial charge in [0.2, 0.25) is 0 Å². The van der Waals surface area contributed by atoms with Crippen LogP contribution in [-0.4, -0.2) is 27.6 Å². The number of nitrogens with one attached hydrogen (secondary N) is 1. The molecule has 5 nitrogen and oxygen atoms in total. The Morgan fingerprint density at radius 2 is 2.32 bits per heavy atom. The average molecular weight is 273 g/mol. The molecule has 2 aromatic heterocycles. The van der Waals surface area contributed by atoms with E-state index in [1.165, 1.54) is 17.5 Å². The van der Waals surface area contributed by atoms with Gasteiger partial charge < -0.3 is 10.4 Å². The first-order valence-electron chi connectivity index (χ1n) is 5.52. The Labute approximate surface area is 114 Å². The maximum absolute atomic E-state index is 12.0. The molecular formula is C13H11N3O2S. The maximum Gasteiger partial charge on any atom is 0.271 e. The quantitative estimate of drug-likeness (QED) is 0.812. The number of aliphatic hydroxyl groups excluding tert-OH is 1. The smallest absolute Gasteiger partial charge is 0.271 e. The third kappa shape index (κ3) is 3.61. The maximum atomic E-state index is 12.0. The Kier molecular flexibility index (Phi) is 4.61. The van der Waals surface area contributed by atoms with E-state index in [9.17, 15) is 4.79 Å². The molecule has 0 aromatic carbocycles. The minimum Gasteiger partial charge on any atom is -0.384 e. The minimum absolute atomic E-state index is 0.250. The van der Waals surface area contributed by atoms with Crippen LogP contribution in [-0.2, 0) is 6.54 Å². The predicted octanol–water partition coefficient (Wildman–Crippen LogP) is 0.812. The molecule has 0 radical (unpaired) electrons. The zero-order chi connectivity index (χ0) is 13.5. The molecule has 0 unspecified atom stereocenters. The van der Waals surface area contributed by atoms with E-state index >= 15 is 0 Å². The molecular weight excluding hydrogens is 262 g/mol. The second-order valence-corrected chi connectivity index (χ2v) is 4.45. The summed E-state index contributed by atoms with van der Waals surface area (Å²) in [5.74, 6) is 4.90. The van der Waals surface area contributed by atoms with Gasteiger partial charge in [-0.1, -0.05) is 11.8 Å². The number of nitrogens with zero attached hydrogens (tertiary/aromatic N) is 2. The van der Waals surface area contributed by atoms with E-state index in [-0.39, 0.29) is 18.2 Å². The summed E-state index contributed by atoms with van der Waals surface area (Å²) in [6.45, 7) is 0.106. The molecule has 0 spiro atoms. The summed E-state index contributed by atoms with van der Waals surface area (Å²) in [6, 6.07) is 3.38. The van der Waals surface area contributed by atoms with Gasteiger partial charge >= 0.3 is 0 Å². The summed E-state index contributed by atoms with van der Waals surface area (Å²) >= 11 is 1.47. The van der Waals surface area contributed by atoms with E-state index in [4.69, 9.17) is 5.11 Å². The Bertz CT molecular complexity index is 614. The third-order valence-corrected chi connectivity index (χ3v) is 2.99. The monoisotopic (exact) mass is 273 g/mol. The van der Waals surface area contributed by atoms with Crippen molar-refractivity contribution in [3.63, 3.8) is 0 Å². The molecule has 6 heteroatoms. The van der Waals surface area contributed by atoms with E-state index in [1.807, 2.05) is 5.38 Å². The molecule has 2 aromatic rings. The van der Waals surface area contributed by atoms with Crippen LogP contribution < -0.4 is 5.32 Å². The van der Waals surface area contributed by atoms with Crippen LogP contribution in [0.5, 0.6) is 0 Å². The molecule has 2 heterocycles. The van der Waals surface area contributed by atoms with E-state index in [1.54, 1.807) is 18.3 Å². The van der Waals surface area contributed by atoms with Crippen LogP contribution in [0.15, 0.2) is 29.9 Å². The van der Waals surface area contributed by atoms with Crippen LogP contribution in [0.1, 0.15) is 21.1 Å². The lowest BCUT2D eigenvalue weighted by atomic mass is 10.2. The lowest BCUT2D eigenvalue weighted by Crippen LogP contribution is -2.24. The normalized spacial score (nSPS) is 9.53. The van der Waals surface area contributed by atoms with Gasteiger partial charge in [0.15, 0.2) is 0 Å². The van der Waals surface area contributed by atoms with Crippen molar-refractivity contribution in [2.24, 2.45) is 0 Å². The van der Waals surface area contributed by atoms with E-state index < -0.39 is 0 Å². The van der Waals surface area contributed by atoms with Gasteiger partial charge in [0.05, 0.1) is 12.1 Å². The number of pyridine rings is 1. The fourth-order valence-electron chi connectivity index (χ4n) is 1.40. The van der Waals surface area contributed by atoms with Crippen molar-refractivity contribution in [2.45, 2.75) is 6.54 Å². The highest BCUT2D eigenvalue weighted by Crippen LogP contribution is 2.06. The summed E-state index contributed by atoms with van der Waals surface area (Å²) in [4.78, 5) is 20.1. The first-order valence-corrected chi connectivity index (χ1v) is 6.40. The van der Waals surface area contributed by atoms with Gasteiger partial charge in [-0.25, -0.2) is 9.97 Å². The highest BCUT2D eigenvalue weighted by molar-refractivity contribution is 7.09. The van der Waals surface area contributed by atoms with Gasteiger partial charge in [-0.2, -0.15) is 0 Å². The number of thiazole rings is 1. The Balaban J connectivity index is 2.10. The van der Waals surface area contributed by atoms with Crippen molar-refractivity contribution in [3.8, 4) is 11.8 Å². The van der Waals surface area contributed by atoms with E-state index in [2.05, 4.69) is 27.1 Å². The fraction of sp³-hybridized carbons (Fsp3) is 0.154. The Morgan fingerprint density at radius 3 is 3.05 bits per heavy atom. The molecule has 19 heavy (non-hydrogen) atoms. The topological polar surface area (TPSA) is 75.1 Å². The van der Waals surface area contributed by atoms with Crippen molar-refractivity contribution in [1.29, 1.82) is 0 Å². The zero-order valence-electron chi connectivity index (χ0n) is 9.96. The first kappa shape index (κ1) is 13.2. The lowest BCUT2D eigenvalue weighted by Gasteiger charge is -2.04. The highest BCUT2D eigenvalue weighted by Gasteiger charge is 2.11. The van der Waals surface area contributed by atoms with Gasteiger partial charge in [0, 0.05) is 17.8 Å². The summed E-state index contributed by atoms with van der Waals surface area (Å²) < 4.78 is 0. The lowest BCUT2D eigenvalue weighted by molar-refractivity contribution is 0.0945. The zero-order valence-corrected chi connectivity index (χ0v) is 10.8. The number of amides is 1. The van der Waals surface area contributed by atoms with Crippen LogP contribution in [0, 0.1) is 11.8 Å². The summed E-state index contributed by atoms with van der Waals surface area (Å²) in [7, 11) is 0. The third-order valence-electron chi connectivity index (χ3n) is 2.21. The predicted molar refractivity (Wildman–Crippen MR) is 71.5 cm³/mol. The SMILES string of the molecule is O=C(NCc1nccs1)c1ncccc1C#CCO. The molecule has 0 bridgehead atoms. The molecule has 1 amide bonds. The van der Waals surface area contributed by atoms with Crippen molar-refractivity contribution in [2.75, 3.05) is 6.61 Å². The van der Waals surface area contributed by atoms with Crippen LogP contribution in [0.2, 0.25) is 0 Å². The van der Waals surface area contributed by atoms with Gasteiger partial charge in [0.1, 0.15) is 17.3 Å². The molecule has 0 fully saturated rings. The van der Waals surface area contributed by atoms with Crippen LogP contribution in [0.25, 0.3) is 0 Å². The number of carbonyl (C=O) groups is 1. The number of aromatic nitrogens is 2. The summed E-state index contributed by atoms with van der Waals surface area (Å²) in [6.07, 6.45) is 3.22. The molecule has 0 aliphatic heterocycles. The summed E-state index contributed by atoms with van der Waals surface area (Å²) in [5.41, 5.74) is 0.744. The molecule has 0 atom stereocenters. The number of hydrogen-bond donors (Lipinski definition) is 2. The fourth-order valence-corrected chi connectivity index (χ4v) is 1.96. The van der Waals surface area contributed by atoms with Crippen LogP contribution in [0.4, 0.5) is 0 Å². The summed E-state index contributed by atoms with van der Waals surface area (Å²) in [5, 5.41) is 14.1. The second-order valence-electron chi connectivity index (χ2n) is 3.47. The molecule has 2 N–H and O–H groups in total. The Hall–Kier alpha value is -2.23. The number of carbonyl (C=O) groups excluding carboxylic acids is 1. The van der Waals surface area contributed by atoms with Crippen molar-refractivity contribution in [3.05, 3.63) is 46.2 Å². The van der Waals surface area contributed by atoms with Gasteiger partial charge in [-0.05, 0) is 12.1 Å². The Morgan fingerprint density at radius 1 is 1.42 bits per heavy atom. The molecule has 0 aliphatic carbocycles. The van der Waals surface area contributed by atoms with Crippen LogP contribution >= 0.6 is 11.3 Å². The molecule has 0 saturated carbocycles. The van der Waals surface area contributed by atoms with Crippen molar-refractivity contribution < 1.29 is 9.90 Å². The van der Waals surface area contributed by atoms with E-state index in [0.717, 1.165) is 5.01 Å². The largest absolute Gasteiger partial charge is 0.384 e. The first-order chi connectivity index (χ1) is 9.31. The highest BCUT2D eigenvalue weighted by atomic mass is 32.1. The van der Waals surface area contributed by atoms with Crippen molar-refractivity contribution in [1.82, 2.24) is 15.3 Å². The van der Waals surface area contributed by atoms with E-state index in [0.29, 0.717) is 12.1 Å². The van der Waals surface area contributed by atoms with Crippen LogP contribution in [0.3, 0.4) is 0 Å². The average Bonchev–Trinajstić information content (AvgIpc) is 2.96. The van der Waals surface area contributed by atoms with Gasteiger partial charge in [-0.3, -0.25) is 4.79 Å². The van der Waals surface area contributed by atoms with Gasteiger partial charge in [0.25, 0.3) is 5.91 Å². The standard InChI is InChI=1S/C13H11N3O2S/c17-7-2-4-10-3-1-5-15-12(10)13(18)16-9-11-14-6-8-19-11/h1,3,5-6,8,17H,7,9H2,(H,16,18). The minimum atomic E-state index is -0.307. The molecule has 2 rings (SSSR count).